The Morgan fingerprint density at radius 1 is 1.73 bits per heavy atom. The van der Waals surface area contributed by atoms with Crippen LogP contribution in [0, 0.1) is 0 Å². The van der Waals surface area contributed by atoms with Crippen molar-refractivity contribution in [3.63, 3.8) is 0 Å². The largest absolute Gasteiger partial charge is 0.338 e. The van der Waals surface area contributed by atoms with E-state index in [0.717, 1.165) is 12.1 Å². The molecule has 0 spiro atoms. The zero-order chi connectivity index (χ0) is 7.68. The van der Waals surface area contributed by atoms with Crippen molar-refractivity contribution in [2.45, 2.75) is 6.54 Å². The lowest BCUT2D eigenvalue weighted by molar-refractivity contribution is -0.104. The number of hydrogen-bond donors (Lipinski definition) is 1. The summed E-state index contributed by atoms with van der Waals surface area (Å²) in [5.74, 6) is 0.870. The van der Waals surface area contributed by atoms with Crippen LogP contribution in [-0.2, 0) is 11.3 Å². The monoisotopic (exact) mass is 149 g/mol. The van der Waals surface area contributed by atoms with E-state index >= 15 is 0 Å². The Balaban J connectivity index is 2.33. The van der Waals surface area contributed by atoms with Gasteiger partial charge in [0.15, 0.2) is 6.29 Å². The molecular weight excluding hydrogens is 142 g/mol. The van der Waals surface area contributed by atoms with E-state index in [-0.39, 0.29) is 0 Å². The average Bonchev–Trinajstić information content (AvgIpc) is 2.50. The van der Waals surface area contributed by atoms with Crippen LogP contribution >= 0.6 is 0 Å². The van der Waals surface area contributed by atoms with Gasteiger partial charge in [-0.25, -0.2) is 4.68 Å². The third-order valence-electron chi connectivity index (χ3n) is 1.60. The fraction of sp³-hybridized carbons (Fsp3) is 0.143. The van der Waals surface area contributed by atoms with Crippen LogP contribution < -0.4 is 5.32 Å². The third kappa shape index (κ3) is 0.920. The molecule has 4 nitrogen and oxygen atoms in total. The predicted molar refractivity (Wildman–Crippen MR) is 40.0 cm³/mol. The molecule has 0 amide bonds. The lowest BCUT2D eigenvalue weighted by Gasteiger charge is -2.12. The van der Waals surface area contributed by atoms with Gasteiger partial charge in [0.1, 0.15) is 5.82 Å². The molecule has 4 heteroatoms. The molecule has 0 bridgehead atoms. The summed E-state index contributed by atoms with van der Waals surface area (Å²) in [6.45, 7) is 0.670. The number of aldehydes is 1. The number of hydrogen-bond acceptors (Lipinski definition) is 3. The van der Waals surface area contributed by atoms with Crippen LogP contribution in [0.25, 0.3) is 0 Å². The minimum Gasteiger partial charge on any atom is -0.338 e. The summed E-state index contributed by atoms with van der Waals surface area (Å²) in [6, 6.07) is 1.83. The maximum atomic E-state index is 10.3. The topological polar surface area (TPSA) is 46.9 Å². The number of allylic oxidation sites excluding steroid dienone is 2. The van der Waals surface area contributed by atoms with E-state index in [9.17, 15) is 4.79 Å². The van der Waals surface area contributed by atoms with E-state index in [0.29, 0.717) is 12.2 Å². The molecule has 2 heterocycles. The third-order valence-corrected chi connectivity index (χ3v) is 1.60. The van der Waals surface area contributed by atoms with Crippen LogP contribution in [0.3, 0.4) is 0 Å². The van der Waals surface area contributed by atoms with Crippen molar-refractivity contribution in [3.8, 4) is 0 Å². The first-order valence-electron chi connectivity index (χ1n) is 3.34. The highest BCUT2D eigenvalue weighted by atomic mass is 16.1. The summed E-state index contributed by atoms with van der Waals surface area (Å²) >= 11 is 0. The van der Waals surface area contributed by atoms with Gasteiger partial charge >= 0.3 is 0 Å². The summed E-state index contributed by atoms with van der Waals surface area (Å²) in [5, 5.41) is 6.94. The molecule has 56 valence electrons. The molecule has 1 aliphatic heterocycles. The second-order valence-electron chi connectivity index (χ2n) is 2.30. The molecule has 0 saturated heterocycles. The first kappa shape index (κ1) is 6.15. The van der Waals surface area contributed by atoms with Crippen LogP contribution in [-0.4, -0.2) is 16.1 Å². The Bertz CT molecular complexity index is 313. The minimum atomic E-state index is 0.609. The molecule has 0 atom stereocenters. The lowest BCUT2D eigenvalue weighted by Crippen LogP contribution is -2.13. The normalized spacial score (nSPS) is 14.7. The number of nitrogens with one attached hydrogen (secondary N) is 1. The maximum Gasteiger partial charge on any atom is 0.166 e. The quantitative estimate of drug-likeness (QED) is 0.587. The molecule has 0 aliphatic carbocycles. The first-order valence-corrected chi connectivity index (χ1v) is 3.34. The zero-order valence-electron chi connectivity index (χ0n) is 5.82. The van der Waals surface area contributed by atoms with Gasteiger partial charge in [0, 0.05) is 6.07 Å². The van der Waals surface area contributed by atoms with Crippen LogP contribution in [0.4, 0.5) is 5.82 Å². The Kier molecular flexibility index (Phi) is 1.25. The van der Waals surface area contributed by atoms with Crippen LogP contribution in [0.2, 0.25) is 0 Å². The van der Waals surface area contributed by atoms with Gasteiger partial charge in [-0.1, -0.05) is 0 Å². The number of anilines is 1. The number of carbonyl (C=O) groups excluding carboxylic acids is 1. The van der Waals surface area contributed by atoms with Crippen LogP contribution in [0.1, 0.15) is 0 Å². The summed E-state index contributed by atoms with van der Waals surface area (Å²) in [7, 11) is 0. The molecule has 11 heavy (non-hydrogen) atoms. The van der Waals surface area contributed by atoms with Crippen LogP contribution in [0.5, 0.6) is 0 Å². The Morgan fingerprint density at radius 2 is 2.64 bits per heavy atom. The minimum absolute atomic E-state index is 0.609. The molecular formula is C7H7N3O. The SMILES string of the molecule is O=CC1=CCn2nccc2N1. The Labute approximate surface area is 63.5 Å². The molecule has 0 fully saturated rings. The molecule has 0 unspecified atom stereocenters. The van der Waals surface area contributed by atoms with Gasteiger partial charge in [0.05, 0.1) is 18.4 Å². The van der Waals surface area contributed by atoms with Crippen molar-refractivity contribution in [1.82, 2.24) is 9.78 Å². The Hall–Kier alpha value is -1.58. The van der Waals surface area contributed by atoms with E-state index in [1.807, 2.05) is 6.07 Å². The highest BCUT2D eigenvalue weighted by molar-refractivity contribution is 5.78. The van der Waals surface area contributed by atoms with Crippen molar-refractivity contribution < 1.29 is 4.79 Å². The average molecular weight is 149 g/mol. The molecule has 1 aliphatic rings. The van der Waals surface area contributed by atoms with E-state index in [2.05, 4.69) is 10.4 Å². The fourth-order valence-corrected chi connectivity index (χ4v) is 1.05. The van der Waals surface area contributed by atoms with Crippen molar-refractivity contribution in [2.75, 3.05) is 5.32 Å². The number of nitrogens with zero attached hydrogens (tertiary/aromatic N) is 2. The highest BCUT2D eigenvalue weighted by Crippen LogP contribution is 2.13. The molecule has 0 aromatic carbocycles. The molecule has 1 aromatic heterocycles. The summed E-state index contributed by atoms with van der Waals surface area (Å²) in [4.78, 5) is 10.3. The number of carbonyl (C=O) groups is 1. The van der Waals surface area contributed by atoms with Gasteiger partial charge in [-0.05, 0) is 6.08 Å². The standard InChI is InChI=1S/C7H7N3O/c11-5-6-2-4-10-7(9-6)1-3-8-10/h1-3,5,9H,4H2. The first-order chi connectivity index (χ1) is 5.40. The zero-order valence-corrected chi connectivity index (χ0v) is 5.82. The molecule has 0 saturated carbocycles. The van der Waals surface area contributed by atoms with Gasteiger partial charge in [0.2, 0.25) is 0 Å². The second-order valence-corrected chi connectivity index (χ2v) is 2.30. The molecule has 1 aromatic rings. The van der Waals surface area contributed by atoms with E-state index in [4.69, 9.17) is 0 Å². The molecule has 0 radical (unpaired) electrons. The van der Waals surface area contributed by atoms with Gasteiger partial charge in [0.25, 0.3) is 0 Å². The summed E-state index contributed by atoms with van der Waals surface area (Å²) in [5.41, 5.74) is 0.609. The van der Waals surface area contributed by atoms with E-state index < -0.39 is 0 Å². The van der Waals surface area contributed by atoms with Gasteiger partial charge in [-0.15, -0.1) is 0 Å². The van der Waals surface area contributed by atoms with Crippen molar-refractivity contribution in [2.24, 2.45) is 0 Å². The number of fused-ring (bicyclic) bond motifs is 1. The van der Waals surface area contributed by atoms with Crippen molar-refractivity contribution in [3.05, 3.63) is 24.0 Å². The van der Waals surface area contributed by atoms with Gasteiger partial charge < -0.3 is 5.32 Å². The Morgan fingerprint density at radius 3 is 3.45 bits per heavy atom. The fourth-order valence-electron chi connectivity index (χ4n) is 1.05. The second kappa shape index (κ2) is 2.23. The van der Waals surface area contributed by atoms with E-state index in [1.54, 1.807) is 17.0 Å². The summed E-state index contributed by atoms with van der Waals surface area (Å²) < 4.78 is 1.78. The predicted octanol–water partition coefficient (Wildman–Crippen LogP) is 0.391. The lowest BCUT2D eigenvalue weighted by atomic mass is 10.3. The maximum absolute atomic E-state index is 10.3. The van der Waals surface area contributed by atoms with Crippen molar-refractivity contribution >= 4 is 12.1 Å². The molecule has 2 rings (SSSR count). The summed E-state index contributed by atoms with van der Waals surface area (Å²) in [6.07, 6.45) is 4.30. The van der Waals surface area contributed by atoms with Gasteiger partial charge in [-0.2, -0.15) is 5.10 Å². The molecule has 1 N–H and O–H groups in total. The van der Waals surface area contributed by atoms with Crippen LogP contribution in [0.15, 0.2) is 24.0 Å². The van der Waals surface area contributed by atoms with E-state index in [1.165, 1.54) is 0 Å². The van der Waals surface area contributed by atoms with Crippen molar-refractivity contribution in [1.29, 1.82) is 0 Å². The number of aromatic nitrogens is 2. The van der Waals surface area contributed by atoms with Gasteiger partial charge in [-0.3, -0.25) is 4.79 Å². The highest BCUT2D eigenvalue weighted by Gasteiger charge is 2.07. The smallest absolute Gasteiger partial charge is 0.166 e. The number of rotatable bonds is 1.